The zero-order valence-electron chi connectivity index (χ0n) is 5.92. The summed E-state index contributed by atoms with van der Waals surface area (Å²) in [7, 11) is 0. The van der Waals surface area contributed by atoms with Crippen molar-refractivity contribution in [2.45, 2.75) is 18.9 Å². The fraction of sp³-hybridized carbons (Fsp3) is 0.667. The van der Waals surface area contributed by atoms with Gasteiger partial charge in [-0.3, -0.25) is 9.69 Å². The van der Waals surface area contributed by atoms with Crippen LogP contribution in [0, 0.1) is 0 Å². The van der Waals surface area contributed by atoms with Crippen molar-refractivity contribution in [1.82, 2.24) is 4.90 Å². The van der Waals surface area contributed by atoms with Crippen LogP contribution in [0.15, 0.2) is 0 Å². The number of urea groups is 1. The highest BCUT2D eigenvalue weighted by atomic mass is 79.9. The third kappa shape index (κ3) is 1.92. The second-order valence-corrected chi connectivity index (χ2v) is 3.03. The first-order chi connectivity index (χ1) is 5.16. The van der Waals surface area contributed by atoms with Gasteiger partial charge in [-0.2, -0.15) is 0 Å². The predicted octanol–water partition coefficient (Wildman–Crippen LogP) is 0.451. The predicted molar refractivity (Wildman–Crippen MR) is 43.2 cm³/mol. The van der Waals surface area contributed by atoms with Gasteiger partial charge in [0.15, 0.2) is 0 Å². The highest BCUT2D eigenvalue weighted by Gasteiger charge is 2.35. The molecular weight excluding hydrogens is 212 g/mol. The summed E-state index contributed by atoms with van der Waals surface area (Å²) in [5, 5.41) is 0.159. The number of primary amides is 1. The van der Waals surface area contributed by atoms with Gasteiger partial charge in [-0.05, 0) is 12.8 Å². The Morgan fingerprint density at radius 2 is 2.09 bits per heavy atom. The number of alkyl halides is 1. The first-order valence-electron chi connectivity index (χ1n) is 3.34. The molecule has 0 aromatic rings. The second-order valence-electron chi connectivity index (χ2n) is 2.47. The number of nitrogens with zero attached hydrogens (tertiary/aromatic N) is 1. The number of hydrogen-bond acceptors (Lipinski definition) is 2. The molecule has 0 bridgehead atoms. The van der Waals surface area contributed by atoms with Crippen LogP contribution in [0.5, 0.6) is 0 Å². The fourth-order valence-corrected chi connectivity index (χ4v) is 1.17. The minimum Gasteiger partial charge on any atom is -0.351 e. The number of amides is 3. The highest BCUT2D eigenvalue weighted by molar-refractivity contribution is 9.09. The van der Waals surface area contributed by atoms with Crippen LogP contribution in [0.2, 0.25) is 0 Å². The van der Waals surface area contributed by atoms with Gasteiger partial charge in [0.2, 0.25) is 5.91 Å². The van der Waals surface area contributed by atoms with E-state index in [-0.39, 0.29) is 17.3 Å². The fourth-order valence-electron chi connectivity index (χ4n) is 0.904. The lowest BCUT2D eigenvalue weighted by Crippen LogP contribution is -2.42. The molecule has 1 saturated carbocycles. The molecule has 0 atom stereocenters. The van der Waals surface area contributed by atoms with E-state index in [1.807, 2.05) is 0 Å². The topological polar surface area (TPSA) is 63.4 Å². The molecule has 0 heterocycles. The van der Waals surface area contributed by atoms with Crippen LogP contribution in [-0.4, -0.2) is 28.2 Å². The van der Waals surface area contributed by atoms with Gasteiger partial charge >= 0.3 is 6.03 Å². The molecule has 11 heavy (non-hydrogen) atoms. The number of imide groups is 1. The van der Waals surface area contributed by atoms with Crippen molar-refractivity contribution in [3.63, 3.8) is 0 Å². The Morgan fingerprint density at radius 3 is 2.36 bits per heavy atom. The van der Waals surface area contributed by atoms with Crippen LogP contribution in [0.3, 0.4) is 0 Å². The van der Waals surface area contributed by atoms with Crippen molar-refractivity contribution >= 4 is 27.9 Å². The van der Waals surface area contributed by atoms with Gasteiger partial charge in [-0.15, -0.1) is 0 Å². The summed E-state index contributed by atoms with van der Waals surface area (Å²) in [5.41, 5.74) is 5.00. The quantitative estimate of drug-likeness (QED) is 0.688. The minimum absolute atomic E-state index is 0.0672. The second kappa shape index (κ2) is 3.21. The zero-order valence-corrected chi connectivity index (χ0v) is 7.50. The number of hydrogen-bond donors (Lipinski definition) is 1. The summed E-state index contributed by atoms with van der Waals surface area (Å²) in [6.07, 6.45) is 1.78. The van der Waals surface area contributed by atoms with E-state index in [4.69, 9.17) is 5.73 Å². The summed E-state index contributed by atoms with van der Waals surface area (Å²) in [4.78, 5) is 22.8. The monoisotopic (exact) mass is 220 g/mol. The maximum Gasteiger partial charge on any atom is 0.321 e. The van der Waals surface area contributed by atoms with Crippen LogP contribution in [0.4, 0.5) is 4.79 Å². The molecule has 0 aromatic heterocycles. The molecule has 5 heteroatoms. The highest BCUT2D eigenvalue weighted by Crippen LogP contribution is 2.26. The van der Waals surface area contributed by atoms with Gasteiger partial charge in [0, 0.05) is 6.04 Å². The summed E-state index contributed by atoms with van der Waals surface area (Å²) in [6.45, 7) is 0. The summed E-state index contributed by atoms with van der Waals surface area (Å²) < 4.78 is 0. The van der Waals surface area contributed by atoms with E-state index in [0.717, 1.165) is 17.7 Å². The molecular formula is C6H9BrN2O2. The zero-order chi connectivity index (χ0) is 8.43. The van der Waals surface area contributed by atoms with E-state index in [1.54, 1.807) is 0 Å². The van der Waals surface area contributed by atoms with E-state index < -0.39 is 6.03 Å². The smallest absolute Gasteiger partial charge is 0.321 e. The summed E-state index contributed by atoms with van der Waals surface area (Å²) in [6, 6.07) is -0.575. The van der Waals surface area contributed by atoms with Crippen LogP contribution in [0.25, 0.3) is 0 Å². The minimum atomic E-state index is -0.642. The maximum absolute atomic E-state index is 11.0. The van der Waals surface area contributed by atoms with E-state index in [9.17, 15) is 9.59 Å². The first-order valence-corrected chi connectivity index (χ1v) is 4.46. The molecule has 1 fully saturated rings. The lowest BCUT2D eigenvalue weighted by atomic mass is 10.5. The Hall–Kier alpha value is -0.580. The van der Waals surface area contributed by atoms with Crippen molar-refractivity contribution in [3.05, 3.63) is 0 Å². The molecule has 1 rings (SSSR count). The van der Waals surface area contributed by atoms with Crippen molar-refractivity contribution in [3.8, 4) is 0 Å². The Morgan fingerprint density at radius 1 is 1.55 bits per heavy atom. The van der Waals surface area contributed by atoms with E-state index in [1.165, 1.54) is 0 Å². The molecule has 0 unspecified atom stereocenters. The standard InChI is InChI=1S/C6H9BrN2O2/c7-3-5(10)9(6(8)11)4-1-2-4/h4H,1-3H2,(H2,8,11). The van der Waals surface area contributed by atoms with Crippen LogP contribution >= 0.6 is 15.9 Å². The summed E-state index contributed by atoms with van der Waals surface area (Å²) in [5.74, 6) is -0.250. The number of carbonyl (C=O) groups is 2. The van der Waals surface area contributed by atoms with Crippen LogP contribution in [0.1, 0.15) is 12.8 Å². The molecule has 3 amide bonds. The number of halogens is 1. The number of nitrogens with two attached hydrogens (primary N) is 1. The van der Waals surface area contributed by atoms with Crippen molar-refractivity contribution in [2.24, 2.45) is 5.73 Å². The van der Waals surface area contributed by atoms with E-state index in [0.29, 0.717) is 0 Å². The molecule has 1 aliphatic carbocycles. The van der Waals surface area contributed by atoms with Crippen molar-refractivity contribution < 1.29 is 9.59 Å². The van der Waals surface area contributed by atoms with Gasteiger partial charge in [-0.1, -0.05) is 15.9 Å². The number of rotatable bonds is 2. The average molecular weight is 221 g/mol. The Kier molecular flexibility index (Phi) is 2.49. The maximum atomic E-state index is 11.0. The van der Waals surface area contributed by atoms with Gasteiger partial charge in [-0.25, -0.2) is 4.79 Å². The van der Waals surface area contributed by atoms with Crippen LogP contribution in [-0.2, 0) is 4.79 Å². The SMILES string of the molecule is NC(=O)N(C(=O)CBr)C1CC1. The molecule has 0 radical (unpaired) electrons. The molecule has 0 saturated heterocycles. The van der Waals surface area contributed by atoms with Gasteiger partial charge in [0.25, 0.3) is 0 Å². The Balaban J connectivity index is 2.58. The van der Waals surface area contributed by atoms with Gasteiger partial charge in [0.1, 0.15) is 0 Å². The van der Waals surface area contributed by atoms with E-state index in [2.05, 4.69) is 15.9 Å². The van der Waals surface area contributed by atoms with Crippen LogP contribution < -0.4 is 5.73 Å². The third-order valence-corrected chi connectivity index (χ3v) is 2.01. The molecule has 2 N–H and O–H groups in total. The largest absolute Gasteiger partial charge is 0.351 e. The summed E-state index contributed by atoms with van der Waals surface area (Å²) >= 11 is 2.98. The lowest BCUT2D eigenvalue weighted by Gasteiger charge is -2.15. The lowest BCUT2D eigenvalue weighted by molar-refractivity contribution is -0.125. The molecule has 0 aliphatic heterocycles. The Bertz CT molecular complexity index is 191. The molecule has 4 nitrogen and oxygen atoms in total. The molecule has 62 valence electrons. The third-order valence-electron chi connectivity index (χ3n) is 1.53. The van der Waals surface area contributed by atoms with Crippen molar-refractivity contribution in [2.75, 3.05) is 5.33 Å². The normalized spacial score (nSPS) is 16.1. The molecule has 0 spiro atoms. The van der Waals surface area contributed by atoms with Gasteiger partial charge < -0.3 is 5.73 Å². The average Bonchev–Trinajstić information content (AvgIpc) is 2.71. The Labute approximate surface area is 72.8 Å². The first kappa shape index (κ1) is 8.52. The van der Waals surface area contributed by atoms with E-state index >= 15 is 0 Å². The molecule has 1 aliphatic rings. The number of carbonyl (C=O) groups excluding carboxylic acids is 2. The van der Waals surface area contributed by atoms with Crippen molar-refractivity contribution in [1.29, 1.82) is 0 Å². The molecule has 0 aromatic carbocycles. The van der Waals surface area contributed by atoms with Gasteiger partial charge in [0.05, 0.1) is 5.33 Å².